The number of amides is 1. The van der Waals surface area contributed by atoms with E-state index in [2.05, 4.69) is 15.2 Å². The highest BCUT2D eigenvalue weighted by Crippen LogP contribution is 2.32. The van der Waals surface area contributed by atoms with E-state index in [4.69, 9.17) is 9.47 Å². The van der Waals surface area contributed by atoms with Gasteiger partial charge in [0.15, 0.2) is 0 Å². The molecule has 0 spiro atoms. The summed E-state index contributed by atoms with van der Waals surface area (Å²) in [5, 5.41) is 3.14. The molecule has 7 nitrogen and oxygen atoms in total. The summed E-state index contributed by atoms with van der Waals surface area (Å²) < 4.78 is 26.4. The maximum Gasteiger partial charge on any atom is 0.234 e. The number of carbonyl (C=O) groups excluding carboxylic acids is 1. The maximum absolute atomic E-state index is 14.6. The van der Waals surface area contributed by atoms with Crippen molar-refractivity contribution in [3.05, 3.63) is 95.6 Å². The molecule has 2 aliphatic heterocycles. The lowest BCUT2D eigenvalue weighted by Gasteiger charge is -2.35. The molecule has 1 saturated heterocycles. The molecule has 1 amide bonds. The van der Waals surface area contributed by atoms with Crippen molar-refractivity contribution in [2.24, 2.45) is 0 Å². The van der Waals surface area contributed by atoms with Crippen LogP contribution in [0.15, 0.2) is 73.1 Å². The molecule has 3 aromatic rings. The summed E-state index contributed by atoms with van der Waals surface area (Å²) in [4.78, 5) is 21.6. The number of carbonyl (C=O) groups is 1. The average Bonchev–Trinajstić information content (AvgIpc) is 3.09. The van der Waals surface area contributed by atoms with Crippen LogP contribution in [-0.4, -0.2) is 66.6 Å². The summed E-state index contributed by atoms with van der Waals surface area (Å²) >= 11 is 0. The second-order valence-electron chi connectivity index (χ2n) is 9.15. The normalized spacial score (nSPS) is 19.5. The van der Waals surface area contributed by atoms with Gasteiger partial charge in [-0.15, -0.1) is 0 Å². The van der Waals surface area contributed by atoms with Gasteiger partial charge < -0.3 is 14.8 Å². The molecular formula is C28H31FN4O3. The Bertz CT molecular complexity index is 1160. The fourth-order valence-electron chi connectivity index (χ4n) is 4.90. The zero-order chi connectivity index (χ0) is 24.7. The molecule has 2 aliphatic rings. The molecule has 188 valence electrons. The van der Waals surface area contributed by atoms with Crippen LogP contribution < -0.4 is 10.1 Å². The van der Waals surface area contributed by atoms with Crippen molar-refractivity contribution in [1.29, 1.82) is 0 Å². The van der Waals surface area contributed by atoms with Gasteiger partial charge in [-0.1, -0.05) is 36.4 Å². The van der Waals surface area contributed by atoms with Crippen molar-refractivity contribution in [2.75, 3.05) is 45.9 Å². The van der Waals surface area contributed by atoms with Gasteiger partial charge in [-0.2, -0.15) is 0 Å². The van der Waals surface area contributed by atoms with Crippen LogP contribution in [0.4, 0.5) is 4.39 Å². The molecule has 2 aromatic carbocycles. The van der Waals surface area contributed by atoms with Gasteiger partial charge in [-0.05, 0) is 29.8 Å². The second kappa shape index (κ2) is 11.6. The van der Waals surface area contributed by atoms with Crippen LogP contribution in [0.1, 0.15) is 28.8 Å². The summed E-state index contributed by atoms with van der Waals surface area (Å²) in [5.41, 5.74) is 2.58. The number of aromatic nitrogens is 1. The standard InChI is InChI=1S/C28H31FN4O3/c29-24-7-3-2-6-23(24)27-19-32(18-22-5-1-4-8-26(22)36-27)20-28(34)31-17-25(21-9-11-30-12-10-21)33-13-15-35-16-14-33/h1-12,25,27H,13-20H2,(H,31,34). The van der Waals surface area contributed by atoms with E-state index in [1.807, 2.05) is 41.3 Å². The zero-order valence-electron chi connectivity index (χ0n) is 20.2. The van der Waals surface area contributed by atoms with Crippen LogP contribution in [-0.2, 0) is 16.1 Å². The van der Waals surface area contributed by atoms with Gasteiger partial charge >= 0.3 is 0 Å². The van der Waals surface area contributed by atoms with E-state index in [-0.39, 0.29) is 24.3 Å². The Balaban J connectivity index is 1.29. The van der Waals surface area contributed by atoms with Gasteiger partial charge in [0.05, 0.1) is 25.8 Å². The molecule has 0 bridgehead atoms. The zero-order valence-corrected chi connectivity index (χ0v) is 20.2. The number of halogens is 1. The van der Waals surface area contributed by atoms with Crippen molar-refractivity contribution in [1.82, 2.24) is 20.1 Å². The van der Waals surface area contributed by atoms with E-state index in [0.29, 0.717) is 38.4 Å². The predicted molar refractivity (Wildman–Crippen MR) is 134 cm³/mol. The number of fused-ring (bicyclic) bond motifs is 1. The third kappa shape index (κ3) is 5.90. The summed E-state index contributed by atoms with van der Waals surface area (Å²) in [6.45, 7) is 4.61. The van der Waals surface area contributed by atoms with Crippen molar-refractivity contribution < 1.29 is 18.7 Å². The molecule has 1 aromatic heterocycles. The van der Waals surface area contributed by atoms with E-state index in [1.54, 1.807) is 30.6 Å². The fraction of sp³-hybridized carbons (Fsp3) is 0.357. The second-order valence-corrected chi connectivity index (χ2v) is 9.15. The number of benzene rings is 2. The molecule has 8 heteroatoms. The van der Waals surface area contributed by atoms with Crippen LogP contribution in [0.25, 0.3) is 0 Å². The first kappa shape index (κ1) is 24.4. The Morgan fingerprint density at radius 2 is 1.81 bits per heavy atom. The number of nitrogens with zero attached hydrogens (tertiary/aromatic N) is 3. The number of hydrogen-bond acceptors (Lipinski definition) is 6. The first-order valence-electron chi connectivity index (χ1n) is 12.4. The van der Waals surface area contributed by atoms with Crippen LogP contribution >= 0.6 is 0 Å². The van der Waals surface area contributed by atoms with E-state index in [1.165, 1.54) is 6.07 Å². The van der Waals surface area contributed by atoms with E-state index in [9.17, 15) is 9.18 Å². The molecular weight excluding hydrogens is 459 g/mol. The minimum Gasteiger partial charge on any atom is -0.484 e. The third-order valence-corrected chi connectivity index (χ3v) is 6.75. The van der Waals surface area contributed by atoms with Crippen molar-refractivity contribution in [3.63, 3.8) is 0 Å². The quantitative estimate of drug-likeness (QED) is 0.548. The van der Waals surface area contributed by atoms with Crippen LogP contribution in [0.5, 0.6) is 5.75 Å². The molecule has 1 N–H and O–H groups in total. The topological polar surface area (TPSA) is 66.9 Å². The number of ether oxygens (including phenoxy) is 2. The first-order chi connectivity index (χ1) is 17.7. The fourth-order valence-corrected chi connectivity index (χ4v) is 4.90. The summed E-state index contributed by atoms with van der Waals surface area (Å²) in [5.74, 6) is 0.338. The molecule has 3 heterocycles. The predicted octanol–water partition coefficient (Wildman–Crippen LogP) is 3.35. The Hall–Kier alpha value is -3.33. The van der Waals surface area contributed by atoms with Gasteiger partial charge in [0.2, 0.25) is 5.91 Å². The molecule has 1 fully saturated rings. The van der Waals surface area contributed by atoms with E-state index in [0.717, 1.165) is 30.0 Å². The number of morpholine rings is 1. The van der Waals surface area contributed by atoms with Gasteiger partial charge in [-0.3, -0.25) is 19.6 Å². The van der Waals surface area contributed by atoms with Crippen molar-refractivity contribution in [2.45, 2.75) is 18.7 Å². The SMILES string of the molecule is O=C(CN1Cc2ccccc2OC(c2ccccc2F)C1)NCC(c1ccncc1)N1CCOCC1. The van der Waals surface area contributed by atoms with Crippen molar-refractivity contribution >= 4 is 5.91 Å². The number of pyridine rings is 1. The third-order valence-electron chi connectivity index (χ3n) is 6.75. The molecule has 5 rings (SSSR count). The number of rotatable bonds is 7. The lowest BCUT2D eigenvalue weighted by atomic mass is 10.1. The Kier molecular flexibility index (Phi) is 7.85. The number of hydrogen-bond donors (Lipinski definition) is 1. The largest absolute Gasteiger partial charge is 0.484 e. The van der Waals surface area contributed by atoms with Gasteiger partial charge in [0.25, 0.3) is 0 Å². The van der Waals surface area contributed by atoms with Crippen LogP contribution in [0.2, 0.25) is 0 Å². The minimum absolute atomic E-state index is 0.0419. The first-order valence-corrected chi connectivity index (χ1v) is 12.4. The minimum atomic E-state index is -0.513. The molecule has 2 atom stereocenters. The smallest absolute Gasteiger partial charge is 0.234 e. The Morgan fingerprint density at radius 1 is 1.06 bits per heavy atom. The Morgan fingerprint density at radius 3 is 2.61 bits per heavy atom. The van der Waals surface area contributed by atoms with E-state index >= 15 is 0 Å². The molecule has 2 unspecified atom stereocenters. The van der Waals surface area contributed by atoms with Crippen LogP contribution in [0, 0.1) is 5.82 Å². The van der Waals surface area contributed by atoms with Crippen LogP contribution in [0.3, 0.4) is 0 Å². The van der Waals surface area contributed by atoms with Gasteiger partial charge in [0, 0.05) is 56.2 Å². The maximum atomic E-state index is 14.6. The highest BCUT2D eigenvalue weighted by atomic mass is 19.1. The molecule has 0 aliphatic carbocycles. The van der Waals surface area contributed by atoms with Crippen molar-refractivity contribution in [3.8, 4) is 5.75 Å². The lowest BCUT2D eigenvalue weighted by Crippen LogP contribution is -2.45. The monoisotopic (exact) mass is 490 g/mol. The lowest BCUT2D eigenvalue weighted by molar-refractivity contribution is -0.122. The highest BCUT2D eigenvalue weighted by Gasteiger charge is 2.28. The summed E-state index contributed by atoms with van der Waals surface area (Å²) in [6.07, 6.45) is 3.05. The van der Waals surface area contributed by atoms with E-state index < -0.39 is 6.10 Å². The molecule has 36 heavy (non-hydrogen) atoms. The van der Waals surface area contributed by atoms with Gasteiger partial charge in [-0.25, -0.2) is 4.39 Å². The Labute approximate surface area is 210 Å². The summed E-state index contributed by atoms with van der Waals surface area (Å²) in [7, 11) is 0. The van der Waals surface area contributed by atoms with Gasteiger partial charge in [0.1, 0.15) is 17.7 Å². The summed E-state index contributed by atoms with van der Waals surface area (Å²) in [6, 6.07) is 18.4. The molecule has 0 radical (unpaired) electrons. The molecule has 0 saturated carbocycles. The number of para-hydroxylation sites is 1. The highest BCUT2D eigenvalue weighted by molar-refractivity contribution is 5.78. The average molecular weight is 491 g/mol. The number of nitrogens with one attached hydrogen (secondary N) is 1.